The van der Waals surface area contributed by atoms with Crippen molar-refractivity contribution in [2.75, 3.05) is 0 Å². The van der Waals surface area contributed by atoms with E-state index in [9.17, 15) is 29.4 Å². The smallest absolute Gasteiger partial charge is 0.350 e. The van der Waals surface area contributed by atoms with Crippen LogP contribution < -0.4 is 10.6 Å². The van der Waals surface area contributed by atoms with Crippen molar-refractivity contribution in [2.45, 2.75) is 12.1 Å². The second kappa shape index (κ2) is 4.83. The fourth-order valence-corrected chi connectivity index (χ4v) is 1.31. The lowest BCUT2D eigenvalue weighted by Gasteiger charge is -2.15. The number of azo groups is 1. The van der Waals surface area contributed by atoms with Gasteiger partial charge in [-0.1, -0.05) is 0 Å². The number of amides is 6. The SMILES string of the molecule is O=C1N=C(O)C(/N=N/C2C(=O)NC(=O)N=C2O)C(=O)N1. The van der Waals surface area contributed by atoms with Crippen LogP contribution in [0.4, 0.5) is 9.59 Å². The molecule has 2 aliphatic heterocycles. The van der Waals surface area contributed by atoms with E-state index in [4.69, 9.17) is 0 Å². The van der Waals surface area contributed by atoms with Gasteiger partial charge in [-0.05, 0) is 0 Å². The second-order valence-electron chi connectivity index (χ2n) is 3.56. The largest absolute Gasteiger partial charge is 0.494 e. The van der Waals surface area contributed by atoms with Gasteiger partial charge in [-0.2, -0.15) is 20.2 Å². The number of carbonyl (C=O) groups is 4. The van der Waals surface area contributed by atoms with Crippen LogP contribution in [-0.4, -0.2) is 58.0 Å². The summed E-state index contributed by atoms with van der Waals surface area (Å²) in [5.74, 6) is -3.83. The van der Waals surface area contributed by atoms with Crippen molar-refractivity contribution >= 4 is 35.7 Å². The maximum absolute atomic E-state index is 11.3. The van der Waals surface area contributed by atoms with Crippen LogP contribution in [-0.2, 0) is 9.59 Å². The van der Waals surface area contributed by atoms with Crippen molar-refractivity contribution in [2.24, 2.45) is 20.2 Å². The number of aliphatic hydroxyl groups excluding tert-OH is 2. The molecule has 0 spiro atoms. The molecule has 2 aliphatic rings. The van der Waals surface area contributed by atoms with E-state index in [0.29, 0.717) is 0 Å². The van der Waals surface area contributed by atoms with E-state index in [1.165, 1.54) is 0 Å². The average molecular weight is 282 g/mol. The molecule has 6 amide bonds. The topological polar surface area (TPSA) is 182 Å². The molecule has 2 rings (SSSR count). The molecule has 0 saturated carbocycles. The van der Waals surface area contributed by atoms with Gasteiger partial charge in [0.1, 0.15) is 0 Å². The third-order valence-electron chi connectivity index (χ3n) is 2.18. The molecular formula is C8H6N6O6. The summed E-state index contributed by atoms with van der Waals surface area (Å²) in [6.45, 7) is 0. The third kappa shape index (κ3) is 2.47. The summed E-state index contributed by atoms with van der Waals surface area (Å²) >= 11 is 0. The van der Waals surface area contributed by atoms with E-state index in [-0.39, 0.29) is 0 Å². The Kier molecular flexibility index (Phi) is 3.20. The first kappa shape index (κ1) is 13.3. The second-order valence-corrected chi connectivity index (χ2v) is 3.56. The minimum atomic E-state index is -1.63. The first-order valence-corrected chi connectivity index (χ1v) is 5.03. The van der Waals surface area contributed by atoms with Gasteiger partial charge in [-0.25, -0.2) is 9.59 Å². The molecule has 0 saturated heterocycles. The number of hydrogen-bond acceptors (Lipinski definition) is 6. The number of rotatable bonds is 2. The van der Waals surface area contributed by atoms with Gasteiger partial charge in [0.25, 0.3) is 11.8 Å². The summed E-state index contributed by atoms with van der Waals surface area (Å²) in [6.07, 6.45) is 0. The number of aliphatic hydroxyl groups is 2. The number of urea groups is 2. The Labute approximate surface area is 109 Å². The minimum absolute atomic E-state index is 0.911. The summed E-state index contributed by atoms with van der Waals surface area (Å²) in [5.41, 5.74) is 0. The Morgan fingerprint density at radius 2 is 1.15 bits per heavy atom. The van der Waals surface area contributed by atoms with Crippen molar-refractivity contribution < 1.29 is 29.4 Å². The van der Waals surface area contributed by atoms with Gasteiger partial charge >= 0.3 is 12.1 Å². The lowest BCUT2D eigenvalue weighted by molar-refractivity contribution is -0.121. The molecule has 0 aliphatic carbocycles. The van der Waals surface area contributed by atoms with E-state index >= 15 is 0 Å². The molecule has 2 heterocycles. The Morgan fingerprint density at radius 3 is 1.45 bits per heavy atom. The lowest BCUT2D eigenvalue weighted by Crippen LogP contribution is -2.47. The zero-order valence-corrected chi connectivity index (χ0v) is 9.47. The van der Waals surface area contributed by atoms with Gasteiger partial charge < -0.3 is 10.2 Å². The number of imide groups is 2. The normalized spacial score (nSPS) is 27.0. The Morgan fingerprint density at radius 1 is 0.800 bits per heavy atom. The summed E-state index contributed by atoms with van der Waals surface area (Å²) in [6, 6.07) is -5.40. The zero-order valence-electron chi connectivity index (χ0n) is 9.47. The minimum Gasteiger partial charge on any atom is -0.494 e. The summed E-state index contributed by atoms with van der Waals surface area (Å²) in [5, 5.41) is 28.7. The number of nitrogens with one attached hydrogen (secondary N) is 2. The first-order chi connectivity index (χ1) is 9.38. The standard InChI is InChI=1S/C8H6N6O6/c15-3-1(4(16)10-7(19)9-3)13-14-2-5(17)11-8(20)12-6(2)18/h1-2H,(H2,9,10,15,16,19)(H2,11,12,17,18,20)/b14-13+. The van der Waals surface area contributed by atoms with Gasteiger partial charge in [-0.3, -0.25) is 20.2 Å². The van der Waals surface area contributed by atoms with Gasteiger partial charge in [-0.15, -0.1) is 0 Å². The fourth-order valence-electron chi connectivity index (χ4n) is 1.31. The number of carbonyl (C=O) groups excluding carboxylic acids is 4. The molecule has 104 valence electrons. The maximum atomic E-state index is 11.3. The molecule has 0 aromatic rings. The predicted molar refractivity (Wildman–Crippen MR) is 59.6 cm³/mol. The van der Waals surface area contributed by atoms with Crippen LogP contribution in [0.5, 0.6) is 0 Å². The highest BCUT2D eigenvalue weighted by Crippen LogP contribution is 2.06. The molecule has 0 radical (unpaired) electrons. The molecule has 2 unspecified atom stereocenters. The molecule has 12 nitrogen and oxygen atoms in total. The number of nitrogens with zero attached hydrogens (tertiary/aromatic N) is 4. The van der Waals surface area contributed by atoms with Gasteiger partial charge in [0.2, 0.25) is 23.9 Å². The van der Waals surface area contributed by atoms with Crippen molar-refractivity contribution in [1.82, 2.24) is 10.6 Å². The van der Waals surface area contributed by atoms with Crippen molar-refractivity contribution in [1.29, 1.82) is 0 Å². The number of hydrogen-bond donors (Lipinski definition) is 4. The maximum Gasteiger partial charge on any atom is 0.350 e. The van der Waals surface area contributed by atoms with E-state index in [0.717, 1.165) is 0 Å². The van der Waals surface area contributed by atoms with Crippen molar-refractivity contribution in [3.8, 4) is 0 Å². The van der Waals surface area contributed by atoms with Gasteiger partial charge in [0, 0.05) is 0 Å². The van der Waals surface area contributed by atoms with Crippen LogP contribution in [0.3, 0.4) is 0 Å². The monoisotopic (exact) mass is 282 g/mol. The average Bonchev–Trinajstić information content (AvgIpc) is 2.30. The highest BCUT2D eigenvalue weighted by Gasteiger charge is 2.34. The molecular weight excluding hydrogens is 276 g/mol. The highest BCUT2D eigenvalue weighted by molar-refractivity contribution is 6.17. The molecule has 4 N–H and O–H groups in total. The zero-order chi connectivity index (χ0) is 14.9. The fraction of sp³-hybridized carbons (Fsp3) is 0.250. The van der Waals surface area contributed by atoms with Gasteiger partial charge in [0.05, 0.1) is 0 Å². The quantitative estimate of drug-likeness (QED) is 0.451. The van der Waals surface area contributed by atoms with E-state index in [2.05, 4.69) is 20.2 Å². The molecule has 0 aromatic carbocycles. The molecule has 0 aromatic heterocycles. The first-order valence-electron chi connectivity index (χ1n) is 5.03. The molecule has 20 heavy (non-hydrogen) atoms. The van der Waals surface area contributed by atoms with Crippen LogP contribution in [0.1, 0.15) is 0 Å². The summed E-state index contributed by atoms with van der Waals surface area (Å²) < 4.78 is 0. The van der Waals surface area contributed by atoms with Crippen molar-refractivity contribution in [3.05, 3.63) is 0 Å². The molecule has 12 heteroatoms. The lowest BCUT2D eigenvalue weighted by atomic mass is 10.2. The molecule has 0 bridgehead atoms. The third-order valence-corrected chi connectivity index (χ3v) is 2.18. The molecule has 0 fully saturated rings. The predicted octanol–water partition coefficient (Wildman–Crippen LogP) is -1.41. The van der Waals surface area contributed by atoms with E-state index in [1.54, 1.807) is 10.6 Å². The van der Waals surface area contributed by atoms with Crippen LogP contribution in [0.25, 0.3) is 0 Å². The van der Waals surface area contributed by atoms with Crippen LogP contribution >= 0.6 is 0 Å². The number of aliphatic imine (C=N–C) groups is 2. The van der Waals surface area contributed by atoms with Gasteiger partial charge in [0.15, 0.2) is 0 Å². The van der Waals surface area contributed by atoms with E-state index < -0.39 is 47.8 Å². The van der Waals surface area contributed by atoms with E-state index in [1.807, 2.05) is 0 Å². The Balaban J connectivity index is 2.21. The Bertz CT molecular complexity index is 555. The van der Waals surface area contributed by atoms with Crippen LogP contribution in [0.15, 0.2) is 20.2 Å². The Hall–Kier alpha value is -3.18. The molecule has 2 atom stereocenters. The van der Waals surface area contributed by atoms with Crippen molar-refractivity contribution in [3.63, 3.8) is 0 Å². The van der Waals surface area contributed by atoms with Crippen LogP contribution in [0, 0.1) is 0 Å². The summed E-state index contributed by atoms with van der Waals surface area (Å²) in [4.78, 5) is 50.2. The highest BCUT2D eigenvalue weighted by atomic mass is 16.3. The summed E-state index contributed by atoms with van der Waals surface area (Å²) in [7, 11) is 0. The van der Waals surface area contributed by atoms with Crippen LogP contribution in [0.2, 0.25) is 0 Å².